The number of anilines is 1. The molecular formula is C12H21N3S. The molecule has 4 heteroatoms. The second kappa shape index (κ2) is 5.64. The molecule has 1 saturated carbocycles. The zero-order chi connectivity index (χ0) is 11.4. The highest BCUT2D eigenvalue weighted by atomic mass is 32.1. The van der Waals surface area contributed by atoms with Crippen molar-refractivity contribution in [3.8, 4) is 0 Å². The van der Waals surface area contributed by atoms with Gasteiger partial charge in [0.1, 0.15) is 0 Å². The van der Waals surface area contributed by atoms with Crippen LogP contribution in [-0.2, 0) is 6.54 Å². The molecule has 0 aliphatic heterocycles. The molecule has 90 valence electrons. The number of thiazole rings is 1. The lowest BCUT2D eigenvalue weighted by atomic mass is 10.3. The van der Waals surface area contributed by atoms with Crippen LogP contribution in [0.2, 0.25) is 0 Å². The van der Waals surface area contributed by atoms with Gasteiger partial charge in [-0.1, -0.05) is 13.3 Å². The van der Waals surface area contributed by atoms with Crippen molar-refractivity contribution in [2.75, 3.05) is 18.5 Å². The van der Waals surface area contributed by atoms with Crippen molar-refractivity contribution in [1.29, 1.82) is 0 Å². The average molecular weight is 239 g/mol. The number of unbranched alkanes of at least 4 members (excludes halogenated alkanes) is 1. The van der Waals surface area contributed by atoms with Gasteiger partial charge in [0.25, 0.3) is 0 Å². The minimum atomic E-state index is 0.767. The first-order valence-corrected chi connectivity index (χ1v) is 7.06. The molecule has 16 heavy (non-hydrogen) atoms. The summed E-state index contributed by atoms with van der Waals surface area (Å²) in [5.74, 6) is 0. The number of nitrogens with one attached hydrogen (secondary N) is 1. The summed E-state index contributed by atoms with van der Waals surface area (Å²) in [5, 5.41) is 6.82. The van der Waals surface area contributed by atoms with Gasteiger partial charge in [-0.2, -0.15) is 0 Å². The molecule has 0 amide bonds. The third kappa shape index (κ3) is 3.46. The second-order valence-corrected chi connectivity index (χ2v) is 5.39. The molecule has 0 aromatic carbocycles. The van der Waals surface area contributed by atoms with Crippen molar-refractivity contribution in [3.05, 3.63) is 11.1 Å². The van der Waals surface area contributed by atoms with E-state index in [0.717, 1.165) is 24.3 Å². The van der Waals surface area contributed by atoms with E-state index in [1.165, 1.54) is 31.4 Å². The Kier molecular flexibility index (Phi) is 4.18. The fourth-order valence-corrected chi connectivity index (χ4v) is 2.40. The van der Waals surface area contributed by atoms with Crippen LogP contribution in [-0.4, -0.2) is 24.6 Å². The highest BCUT2D eigenvalue weighted by Gasteiger charge is 2.20. The fourth-order valence-electron chi connectivity index (χ4n) is 1.58. The normalized spacial score (nSPS) is 15.4. The third-order valence-electron chi connectivity index (χ3n) is 2.86. The van der Waals surface area contributed by atoms with Gasteiger partial charge >= 0.3 is 0 Å². The van der Waals surface area contributed by atoms with Gasteiger partial charge in [0.05, 0.1) is 5.69 Å². The van der Waals surface area contributed by atoms with E-state index in [0.29, 0.717) is 0 Å². The maximum Gasteiger partial charge on any atom is 0.185 e. The number of rotatable bonds is 7. The molecule has 0 saturated heterocycles. The minimum Gasteiger partial charge on any atom is -0.351 e. The molecule has 0 bridgehead atoms. The molecule has 0 atom stereocenters. The van der Waals surface area contributed by atoms with Gasteiger partial charge < -0.3 is 10.2 Å². The molecule has 1 aliphatic carbocycles. The van der Waals surface area contributed by atoms with E-state index >= 15 is 0 Å². The number of nitrogens with zero attached hydrogens (tertiary/aromatic N) is 2. The molecular weight excluding hydrogens is 218 g/mol. The van der Waals surface area contributed by atoms with Crippen molar-refractivity contribution in [3.63, 3.8) is 0 Å². The Morgan fingerprint density at radius 1 is 1.56 bits per heavy atom. The van der Waals surface area contributed by atoms with Crippen molar-refractivity contribution in [2.24, 2.45) is 0 Å². The number of hydrogen-bond acceptors (Lipinski definition) is 4. The van der Waals surface area contributed by atoms with Crippen LogP contribution in [0.5, 0.6) is 0 Å². The van der Waals surface area contributed by atoms with E-state index in [2.05, 4.69) is 34.6 Å². The Morgan fingerprint density at radius 2 is 2.38 bits per heavy atom. The lowest BCUT2D eigenvalue weighted by Crippen LogP contribution is -2.19. The van der Waals surface area contributed by atoms with Gasteiger partial charge in [-0.25, -0.2) is 4.98 Å². The predicted octanol–water partition coefficient (Wildman–Crippen LogP) is 2.63. The minimum absolute atomic E-state index is 0.767. The highest BCUT2D eigenvalue weighted by molar-refractivity contribution is 7.13. The summed E-state index contributed by atoms with van der Waals surface area (Å²) in [7, 11) is 2.13. The molecule has 0 radical (unpaired) electrons. The number of hydrogen-bond donors (Lipinski definition) is 1. The van der Waals surface area contributed by atoms with E-state index < -0.39 is 0 Å². The van der Waals surface area contributed by atoms with Crippen molar-refractivity contribution in [1.82, 2.24) is 10.3 Å². The SMILES string of the molecule is CCCCN(C)c1nc(CNC2CC2)cs1. The van der Waals surface area contributed by atoms with Crippen LogP contribution in [0.3, 0.4) is 0 Å². The molecule has 0 spiro atoms. The third-order valence-corrected chi connectivity index (χ3v) is 3.87. The van der Waals surface area contributed by atoms with E-state index in [-0.39, 0.29) is 0 Å². The van der Waals surface area contributed by atoms with Crippen LogP contribution < -0.4 is 10.2 Å². The van der Waals surface area contributed by atoms with Crippen LogP contribution in [0.4, 0.5) is 5.13 Å². The Balaban J connectivity index is 1.80. The Labute approximate surface area is 102 Å². The van der Waals surface area contributed by atoms with E-state index in [9.17, 15) is 0 Å². The molecule has 1 N–H and O–H groups in total. The molecule has 1 aromatic rings. The molecule has 1 heterocycles. The number of aromatic nitrogens is 1. The van der Waals surface area contributed by atoms with E-state index in [1.807, 2.05) is 0 Å². The first-order valence-electron chi connectivity index (χ1n) is 6.18. The average Bonchev–Trinajstić information content (AvgIpc) is 3.00. The summed E-state index contributed by atoms with van der Waals surface area (Å²) < 4.78 is 0. The predicted molar refractivity (Wildman–Crippen MR) is 70.2 cm³/mol. The van der Waals surface area contributed by atoms with Gasteiger partial charge in [-0.15, -0.1) is 11.3 Å². The molecule has 1 fully saturated rings. The van der Waals surface area contributed by atoms with Gasteiger partial charge in [0.2, 0.25) is 0 Å². The smallest absolute Gasteiger partial charge is 0.185 e. The van der Waals surface area contributed by atoms with Crippen molar-refractivity contribution < 1.29 is 0 Å². The van der Waals surface area contributed by atoms with Gasteiger partial charge in [-0.05, 0) is 19.3 Å². The van der Waals surface area contributed by atoms with Gasteiger partial charge in [0, 0.05) is 31.6 Å². The van der Waals surface area contributed by atoms with E-state index in [1.54, 1.807) is 11.3 Å². The largest absolute Gasteiger partial charge is 0.351 e. The lowest BCUT2D eigenvalue weighted by Gasteiger charge is -2.14. The van der Waals surface area contributed by atoms with E-state index in [4.69, 9.17) is 0 Å². The molecule has 3 nitrogen and oxygen atoms in total. The summed E-state index contributed by atoms with van der Waals surface area (Å²) in [5.41, 5.74) is 1.19. The van der Waals surface area contributed by atoms with Gasteiger partial charge in [-0.3, -0.25) is 0 Å². The summed E-state index contributed by atoms with van der Waals surface area (Å²) in [6.07, 6.45) is 5.17. The summed E-state index contributed by atoms with van der Waals surface area (Å²) >= 11 is 1.75. The van der Waals surface area contributed by atoms with Crippen LogP contribution in [0, 0.1) is 0 Å². The van der Waals surface area contributed by atoms with Crippen LogP contribution in [0.25, 0.3) is 0 Å². The first kappa shape index (κ1) is 11.9. The van der Waals surface area contributed by atoms with Crippen molar-refractivity contribution >= 4 is 16.5 Å². The monoisotopic (exact) mass is 239 g/mol. The Hall–Kier alpha value is -0.610. The standard InChI is InChI=1S/C12H21N3S/c1-3-4-7-15(2)12-14-11(9-16-12)8-13-10-5-6-10/h9-10,13H,3-8H2,1-2H3. The molecule has 0 unspecified atom stereocenters. The molecule has 1 aliphatic rings. The highest BCUT2D eigenvalue weighted by Crippen LogP contribution is 2.22. The lowest BCUT2D eigenvalue weighted by molar-refractivity contribution is 0.676. The maximum atomic E-state index is 4.64. The molecule has 1 aromatic heterocycles. The summed E-state index contributed by atoms with van der Waals surface area (Å²) in [4.78, 5) is 6.90. The quantitative estimate of drug-likeness (QED) is 0.793. The van der Waals surface area contributed by atoms with Crippen LogP contribution in [0.15, 0.2) is 5.38 Å². The zero-order valence-corrected chi connectivity index (χ0v) is 11.0. The first-order chi connectivity index (χ1) is 7.79. The molecule has 2 rings (SSSR count). The zero-order valence-electron chi connectivity index (χ0n) is 10.2. The van der Waals surface area contributed by atoms with Crippen LogP contribution >= 0.6 is 11.3 Å². The Morgan fingerprint density at radius 3 is 3.06 bits per heavy atom. The topological polar surface area (TPSA) is 28.2 Å². The summed E-state index contributed by atoms with van der Waals surface area (Å²) in [6, 6.07) is 0.767. The maximum absolute atomic E-state index is 4.64. The Bertz CT molecular complexity index is 320. The fraction of sp³-hybridized carbons (Fsp3) is 0.750. The van der Waals surface area contributed by atoms with Crippen molar-refractivity contribution in [2.45, 2.75) is 45.2 Å². The second-order valence-electron chi connectivity index (χ2n) is 4.55. The van der Waals surface area contributed by atoms with Crippen LogP contribution in [0.1, 0.15) is 38.3 Å². The summed E-state index contributed by atoms with van der Waals surface area (Å²) in [6.45, 7) is 4.27. The van der Waals surface area contributed by atoms with Gasteiger partial charge in [0.15, 0.2) is 5.13 Å².